The largest absolute Gasteiger partial charge is 0.304 e. The predicted octanol–water partition coefficient (Wildman–Crippen LogP) is 4.62. The second-order valence-electron chi connectivity index (χ2n) is 3.90. The van der Waals surface area contributed by atoms with Crippen molar-refractivity contribution >= 4 is 6.29 Å². The summed E-state index contributed by atoms with van der Waals surface area (Å²) < 4.78 is 0. The molecular formula is C15H26O. The van der Waals surface area contributed by atoms with Crippen LogP contribution in [0.3, 0.4) is 0 Å². The predicted molar refractivity (Wildman–Crippen MR) is 73.0 cm³/mol. The Hall–Kier alpha value is -1.11. The minimum absolute atomic E-state index is 0.750. The van der Waals surface area contributed by atoms with E-state index in [0.717, 1.165) is 6.29 Å². The average molecular weight is 222 g/mol. The molecule has 1 nitrogen and oxygen atoms in total. The number of aryl methyl sites for hydroxylation is 3. The first-order valence-corrected chi connectivity index (χ1v) is 5.96. The third-order valence-corrected chi connectivity index (χ3v) is 1.87. The van der Waals surface area contributed by atoms with Crippen molar-refractivity contribution < 1.29 is 4.79 Å². The van der Waals surface area contributed by atoms with Crippen LogP contribution >= 0.6 is 0 Å². The van der Waals surface area contributed by atoms with Crippen molar-refractivity contribution in [2.75, 3.05) is 0 Å². The first-order chi connectivity index (χ1) is 7.51. The molecule has 16 heavy (non-hydrogen) atoms. The van der Waals surface area contributed by atoms with Crippen molar-refractivity contribution in [2.45, 2.75) is 54.4 Å². The van der Waals surface area contributed by atoms with Crippen molar-refractivity contribution in [1.82, 2.24) is 0 Å². The van der Waals surface area contributed by atoms with Gasteiger partial charge in [0.05, 0.1) is 0 Å². The van der Waals surface area contributed by atoms with Gasteiger partial charge in [-0.2, -0.15) is 0 Å². The fourth-order valence-electron chi connectivity index (χ4n) is 1.20. The third-order valence-electron chi connectivity index (χ3n) is 1.87. The van der Waals surface area contributed by atoms with Gasteiger partial charge in [-0.15, -0.1) is 0 Å². The first-order valence-electron chi connectivity index (χ1n) is 5.96. The first kappa shape index (κ1) is 17.3. The van der Waals surface area contributed by atoms with Crippen LogP contribution in [0.15, 0.2) is 18.2 Å². The molecule has 0 bridgehead atoms. The van der Waals surface area contributed by atoms with E-state index in [1.54, 1.807) is 0 Å². The minimum Gasteiger partial charge on any atom is -0.304 e. The molecule has 0 unspecified atom stereocenters. The third kappa shape index (κ3) is 12.9. The van der Waals surface area contributed by atoms with E-state index >= 15 is 0 Å². The van der Waals surface area contributed by atoms with Gasteiger partial charge in [0.15, 0.2) is 0 Å². The molecule has 0 spiro atoms. The lowest BCUT2D eigenvalue weighted by molar-refractivity contribution is -0.106. The normalized spacial score (nSPS) is 8.12. The number of hydrogen-bond donors (Lipinski definition) is 0. The molecule has 0 heterocycles. The molecule has 0 atom stereocenters. The smallest absolute Gasteiger partial charge is 0.116 e. The summed E-state index contributed by atoms with van der Waals surface area (Å²) in [4.78, 5) is 8.81. The minimum atomic E-state index is 0.750. The molecule has 1 rings (SSSR count). The lowest BCUT2D eigenvalue weighted by Gasteiger charge is -1.96. The van der Waals surface area contributed by atoms with Crippen LogP contribution < -0.4 is 0 Å². The van der Waals surface area contributed by atoms with Gasteiger partial charge in [-0.3, -0.25) is 0 Å². The summed E-state index contributed by atoms with van der Waals surface area (Å²) >= 11 is 0. The van der Waals surface area contributed by atoms with E-state index in [-0.39, 0.29) is 0 Å². The van der Waals surface area contributed by atoms with Crippen LogP contribution in [0.2, 0.25) is 0 Å². The number of hydrogen-bond acceptors (Lipinski definition) is 1. The molecule has 1 aromatic rings. The molecule has 0 radical (unpaired) electrons. The molecule has 0 fully saturated rings. The topological polar surface area (TPSA) is 17.1 Å². The van der Waals surface area contributed by atoms with Gasteiger partial charge in [0, 0.05) is 0 Å². The Kier molecular flexibility index (Phi) is 12.9. The summed E-state index contributed by atoms with van der Waals surface area (Å²) in [5.74, 6) is 0. The highest BCUT2D eigenvalue weighted by Gasteiger charge is 1.87. The average Bonchev–Trinajstić information content (AvgIpc) is 2.17. The molecule has 0 amide bonds. The van der Waals surface area contributed by atoms with Gasteiger partial charge in [0.1, 0.15) is 6.29 Å². The quantitative estimate of drug-likeness (QED) is 0.633. The van der Waals surface area contributed by atoms with Crippen molar-refractivity contribution in [3.8, 4) is 0 Å². The monoisotopic (exact) mass is 222 g/mol. The van der Waals surface area contributed by atoms with Gasteiger partial charge in [0.25, 0.3) is 0 Å². The van der Waals surface area contributed by atoms with Crippen LogP contribution in [-0.4, -0.2) is 6.29 Å². The number of benzene rings is 1. The summed E-state index contributed by atoms with van der Waals surface area (Å²) in [6.07, 6.45) is 3.39. The van der Waals surface area contributed by atoms with Crippen molar-refractivity contribution in [3.05, 3.63) is 34.9 Å². The Balaban J connectivity index is 0. The molecular weight excluding hydrogens is 196 g/mol. The lowest BCUT2D eigenvalue weighted by atomic mass is 10.1. The summed E-state index contributed by atoms with van der Waals surface area (Å²) in [7, 11) is 0. The Morgan fingerprint density at radius 3 is 1.19 bits per heavy atom. The maximum atomic E-state index is 8.81. The van der Waals surface area contributed by atoms with Crippen LogP contribution in [0, 0.1) is 20.8 Å². The van der Waals surface area contributed by atoms with Gasteiger partial charge in [-0.1, -0.05) is 61.6 Å². The van der Waals surface area contributed by atoms with E-state index < -0.39 is 0 Å². The number of carbonyl (C=O) groups is 1. The maximum Gasteiger partial charge on any atom is 0.116 e. The van der Waals surface area contributed by atoms with Crippen LogP contribution in [0.1, 0.15) is 50.3 Å². The summed E-state index contributed by atoms with van der Waals surface area (Å²) in [5.41, 5.74) is 4.06. The highest BCUT2D eigenvalue weighted by atomic mass is 16.1. The number of rotatable bonds is 1. The Bertz CT molecular complexity index is 224. The zero-order valence-electron chi connectivity index (χ0n) is 11.6. The summed E-state index contributed by atoms with van der Waals surface area (Å²) in [6.45, 7) is 12.2. The fourth-order valence-corrected chi connectivity index (χ4v) is 1.20. The maximum absolute atomic E-state index is 8.81. The van der Waals surface area contributed by atoms with Gasteiger partial charge in [-0.25, -0.2) is 0 Å². The van der Waals surface area contributed by atoms with E-state index in [0.29, 0.717) is 0 Å². The molecule has 0 aliphatic rings. The van der Waals surface area contributed by atoms with Crippen molar-refractivity contribution in [3.63, 3.8) is 0 Å². The SMILES string of the molecule is CC=O.CCCC.Cc1cc(C)cc(C)c1. The summed E-state index contributed by atoms with van der Waals surface area (Å²) in [5, 5.41) is 0. The van der Waals surface area contributed by atoms with Gasteiger partial charge in [0.2, 0.25) is 0 Å². The molecule has 0 aliphatic heterocycles. The molecule has 92 valence electrons. The van der Waals surface area contributed by atoms with E-state index in [1.165, 1.54) is 36.5 Å². The molecule has 0 aromatic heterocycles. The second-order valence-corrected chi connectivity index (χ2v) is 3.90. The molecule has 0 N–H and O–H groups in total. The van der Waals surface area contributed by atoms with Crippen LogP contribution in [0.4, 0.5) is 0 Å². The molecule has 1 aromatic carbocycles. The molecule has 0 saturated heterocycles. The Labute approximate surface area is 101 Å². The Morgan fingerprint density at radius 2 is 1.06 bits per heavy atom. The standard InChI is InChI=1S/C9H12.C4H10.C2H4O/c1-7-4-8(2)6-9(3)5-7;1-3-4-2;1-2-3/h4-6H,1-3H3;3-4H2,1-2H3;2H,1H3. The number of aldehydes is 1. The number of unbranched alkanes of at least 4 members (excludes halogenated alkanes) is 1. The Morgan fingerprint density at radius 1 is 0.875 bits per heavy atom. The lowest BCUT2D eigenvalue weighted by Crippen LogP contribution is -1.78. The second kappa shape index (κ2) is 12.0. The highest BCUT2D eigenvalue weighted by molar-refractivity contribution is 5.44. The van der Waals surface area contributed by atoms with E-state index in [2.05, 4.69) is 52.8 Å². The molecule has 0 saturated carbocycles. The zero-order chi connectivity index (χ0) is 13.0. The molecule has 1 heteroatoms. The highest BCUT2D eigenvalue weighted by Crippen LogP contribution is 2.06. The van der Waals surface area contributed by atoms with Crippen LogP contribution in [0.25, 0.3) is 0 Å². The summed E-state index contributed by atoms with van der Waals surface area (Å²) in [6, 6.07) is 6.56. The van der Waals surface area contributed by atoms with Gasteiger partial charge < -0.3 is 4.79 Å². The number of carbonyl (C=O) groups excluding carboxylic acids is 1. The van der Waals surface area contributed by atoms with E-state index in [9.17, 15) is 0 Å². The van der Waals surface area contributed by atoms with E-state index in [1.807, 2.05) is 0 Å². The van der Waals surface area contributed by atoms with Crippen molar-refractivity contribution in [1.29, 1.82) is 0 Å². The van der Waals surface area contributed by atoms with E-state index in [4.69, 9.17) is 4.79 Å². The van der Waals surface area contributed by atoms with Crippen molar-refractivity contribution in [2.24, 2.45) is 0 Å². The van der Waals surface area contributed by atoms with Gasteiger partial charge in [-0.05, 0) is 27.7 Å². The molecule has 0 aliphatic carbocycles. The van der Waals surface area contributed by atoms with Crippen LogP contribution in [0.5, 0.6) is 0 Å². The zero-order valence-corrected chi connectivity index (χ0v) is 11.6. The fraction of sp³-hybridized carbons (Fsp3) is 0.533. The van der Waals surface area contributed by atoms with Gasteiger partial charge >= 0.3 is 0 Å². The van der Waals surface area contributed by atoms with Crippen LogP contribution in [-0.2, 0) is 4.79 Å².